The van der Waals surface area contributed by atoms with Crippen LogP contribution in [-0.4, -0.2) is 23.2 Å². The van der Waals surface area contributed by atoms with Crippen molar-refractivity contribution in [2.75, 3.05) is 0 Å². The van der Waals surface area contributed by atoms with Gasteiger partial charge in [0.25, 0.3) is 5.91 Å². The van der Waals surface area contributed by atoms with E-state index in [2.05, 4.69) is 10.4 Å². The number of carbonyl (C=O) groups is 2. The molecule has 0 unspecified atom stereocenters. The van der Waals surface area contributed by atoms with E-state index in [1.54, 1.807) is 37.3 Å². The molecule has 122 valence electrons. The maximum atomic E-state index is 13.6. The zero-order valence-corrected chi connectivity index (χ0v) is 12.7. The van der Waals surface area contributed by atoms with Crippen molar-refractivity contribution in [3.63, 3.8) is 0 Å². The molecule has 5 nitrogen and oxygen atoms in total. The molecular weight excluding hydrogens is 316 g/mol. The molecule has 3 rings (SSSR count). The van der Waals surface area contributed by atoms with Gasteiger partial charge in [0.2, 0.25) is 0 Å². The van der Waals surface area contributed by atoms with E-state index in [4.69, 9.17) is 0 Å². The number of urea groups is 1. The summed E-state index contributed by atoms with van der Waals surface area (Å²) in [4.78, 5) is 24.6. The van der Waals surface area contributed by atoms with Gasteiger partial charge in [0.05, 0.1) is 11.8 Å². The summed E-state index contributed by atoms with van der Waals surface area (Å²) in [6, 6.07) is 11.2. The van der Waals surface area contributed by atoms with Crippen LogP contribution in [0.15, 0.2) is 53.6 Å². The van der Waals surface area contributed by atoms with Crippen molar-refractivity contribution in [1.29, 1.82) is 0 Å². The van der Waals surface area contributed by atoms with E-state index in [1.807, 2.05) is 0 Å². The van der Waals surface area contributed by atoms with Gasteiger partial charge in [-0.3, -0.25) is 4.79 Å². The number of hydrazone groups is 1. The highest BCUT2D eigenvalue weighted by Crippen LogP contribution is 2.28. The molecule has 24 heavy (non-hydrogen) atoms. The normalized spacial score (nSPS) is 20.7. The Kier molecular flexibility index (Phi) is 3.84. The van der Waals surface area contributed by atoms with Gasteiger partial charge in [-0.25, -0.2) is 13.6 Å². The molecule has 7 heteroatoms. The lowest BCUT2D eigenvalue weighted by atomic mass is 9.92. The largest absolute Gasteiger partial charge is 0.346 e. The summed E-state index contributed by atoms with van der Waals surface area (Å²) in [7, 11) is 0. The van der Waals surface area contributed by atoms with E-state index < -0.39 is 34.7 Å². The van der Waals surface area contributed by atoms with Gasteiger partial charge in [-0.15, -0.1) is 5.01 Å². The average Bonchev–Trinajstić information content (AvgIpc) is 2.79. The topological polar surface area (TPSA) is 61.8 Å². The first-order valence-electron chi connectivity index (χ1n) is 7.14. The van der Waals surface area contributed by atoms with Crippen molar-refractivity contribution < 1.29 is 18.4 Å². The van der Waals surface area contributed by atoms with Crippen LogP contribution in [0.1, 0.15) is 18.1 Å². The van der Waals surface area contributed by atoms with Crippen molar-refractivity contribution >= 4 is 18.2 Å². The zero-order valence-electron chi connectivity index (χ0n) is 12.7. The predicted octanol–water partition coefficient (Wildman–Crippen LogP) is 2.77. The lowest BCUT2D eigenvalue weighted by molar-refractivity contribution is -0.131. The zero-order chi connectivity index (χ0) is 17.3. The highest BCUT2D eigenvalue weighted by Gasteiger charge is 2.49. The second-order valence-electron chi connectivity index (χ2n) is 5.42. The van der Waals surface area contributed by atoms with Crippen LogP contribution in [0.5, 0.6) is 0 Å². The Morgan fingerprint density at radius 3 is 2.29 bits per heavy atom. The molecule has 1 N–H and O–H groups in total. The average molecular weight is 329 g/mol. The molecule has 0 radical (unpaired) electrons. The van der Waals surface area contributed by atoms with Gasteiger partial charge in [0, 0.05) is 0 Å². The fourth-order valence-electron chi connectivity index (χ4n) is 2.45. The standard InChI is InChI=1S/C17H13F2N3O2/c1-17(11-6-3-2-4-7-11)15(23)22(16(24)21-17)20-10-12-13(18)8-5-9-14(12)19/h2-10H,1H3,(H,21,24)/t17-/m1/s1. The summed E-state index contributed by atoms with van der Waals surface area (Å²) < 4.78 is 27.2. The summed E-state index contributed by atoms with van der Waals surface area (Å²) in [6.07, 6.45) is 0.818. The number of halogens is 2. The Balaban J connectivity index is 1.92. The van der Waals surface area contributed by atoms with Crippen molar-refractivity contribution in [2.24, 2.45) is 5.10 Å². The van der Waals surface area contributed by atoms with Crippen molar-refractivity contribution in [1.82, 2.24) is 10.3 Å². The van der Waals surface area contributed by atoms with Gasteiger partial charge < -0.3 is 5.32 Å². The Labute approximate surface area is 136 Å². The van der Waals surface area contributed by atoms with E-state index in [0.717, 1.165) is 18.3 Å². The minimum atomic E-state index is -1.29. The maximum absolute atomic E-state index is 13.6. The molecule has 1 saturated heterocycles. The lowest BCUT2D eigenvalue weighted by Gasteiger charge is -2.20. The molecular formula is C17H13F2N3O2. The third-order valence-corrected chi connectivity index (χ3v) is 3.82. The molecule has 0 aliphatic carbocycles. The van der Waals surface area contributed by atoms with E-state index in [1.165, 1.54) is 6.07 Å². The second kappa shape index (κ2) is 5.84. The molecule has 1 atom stereocenters. The van der Waals surface area contributed by atoms with Crippen LogP contribution in [0.4, 0.5) is 13.6 Å². The number of nitrogens with one attached hydrogen (secondary N) is 1. The first kappa shape index (κ1) is 15.8. The van der Waals surface area contributed by atoms with E-state index in [9.17, 15) is 18.4 Å². The monoisotopic (exact) mass is 329 g/mol. The summed E-state index contributed by atoms with van der Waals surface area (Å²) >= 11 is 0. The molecule has 1 aliphatic heterocycles. The third-order valence-electron chi connectivity index (χ3n) is 3.82. The van der Waals surface area contributed by atoms with Gasteiger partial charge in [-0.2, -0.15) is 5.10 Å². The van der Waals surface area contributed by atoms with Crippen molar-refractivity contribution in [3.05, 3.63) is 71.3 Å². The third kappa shape index (κ3) is 2.54. The molecule has 1 heterocycles. The SMILES string of the molecule is C[C@]1(c2ccccc2)NC(=O)N(N=Cc2c(F)cccc2F)C1=O. The lowest BCUT2D eigenvalue weighted by Crippen LogP contribution is -2.40. The number of carbonyl (C=O) groups excluding carboxylic acids is 2. The first-order valence-corrected chi connectivity index (χ1v) is 7.14. The van der Waals surface area contributed by atoms with Gasteiger partial charge in [0.1, 0.15) is 17.2 Å². The van der Waals surface area contributed by atoms with Gasteiger partial charge in [0.15, 0.2) is 0 Å². The Morgan fingerprint density at radius 2 is 1.67 bits per heavy atom. The molecule has 2 aromatic carbocycles. The smallest absolute Gasteiger partial charge is 0.318 e. The highest BCUT2D eigenvalue weighted by molar-refractivity contribution is 6.07. The predicted molar refractivity (Wildman–Crippen MR) is 83.1 cm³/mol. The van der Waals surface area contributed by atoms with Crippen LogP contribution >= 0.6 is 0 Å². The number of imide groups is 1. The van der Waals surface area contributed by atoms with Crippen molar-refractivity contribution in [2.45, 2.75) is 12.5 Å². The number of benzene rings is 2. The van der Waals surface area contributed by atoms with Crippen LogP contribution in [0.3, 0.4) is 0 Å². The van der Waals surface area contributed by atoms with Crippen LogP contribution in [0.2, 0.25) is 0 Å². The molecule has 1 fully saturated rings. The number of nitrogens with zero attached hydrogens (tertiary/aromatic N) is 2. The van der Waals surface area contributed by atoms with Crippen LogP contribution in [0.25, 0.3) is 0 Å². The molecule has 0 aromatic heterocycles. The van der Waals surface area contributed by atoms with E-state index >= 15 is 0 Å². The Morgan fingerprint density at radius 1 is 1.04 bits per heavy atom. The van der Waals surface area contributed by atoms with Gasteiger partial charge in [-0.1, -0.05) is 36.4 Å². The van der Waals surface area contributed by atoms with E-state index in [0.29, 0.717) is 10.6 Å². The maximum Gasteiger partial charge on any atom is 0.346 e. The summed E-state index contributed by atoms with van der Waals surface area (Å²) in [5, 5.41) is 6.78. The van der Waals surface area contributed by atoms with Crippen LogP contribution < -0.4 is 5.32 Å². The number of hydrogen-bond donors (Lipinski definition) is 1. The molecule has 0 bridgehead atoms. The minimum Gasteiger partial charge on any atom is -0.318 e. The summed E-state index contributed by atoms with van der Waals surface area (Å²) in [6.45, 7) is 1.54. The second-order valence-corrected chi connectivity index (χ2v) is 5.42. The summed E-state index contributed by atoms with van der Waals surface area (Å²) in [5.41, 5.74) is -1.13. The number of hydrogen-bond acceptors (Lipinski definition) is 3. The molecule has 1 aliphatic rings. The van der Waals surface area contributed by atoms with E-state index in [-0.39, 0.29) is 0 Å². The molecule has 0 spiro atoms. The molecule has 2 aromatic rings. The van der Waals surface area contributed by atoms with Crippen LogP contribution in [-0.2, 0) is 10.3 Å². The quantitative estimate of drug-likeness (QED) is 0.695. The fraction of sp³-hybridized carbons (Fsp3) is 0.118. The fourth-order valence-corrected chi connectivity index (χ4v) is 2.45. The Hall–Kier alpha value is -3.09. The highest BCUT2D eigenvalue weighted by atomic mass is 19.1. The minimum absolute atomic E-state index is 0.425. The van der Waals surface area contributed by atoms with Gasteiger partial charge >= 0.3 is 6.03 Å². The molecule has 0 saturated carbocycles. The molecule has 3 amide bonds. The number of rotatable bonds is 3. The van der Waals surface area contributed by atoms with Crippen molar-refractivity contribution in [3.8, 4) is 0 Å². The number of amides is 3. The van der Waals surface area contributed by atoms with Crippen LogP contribution in [0, 0.1) is 11.6 Å². The van der Waals surface area contributed by atoms with Gasteiger partial charge in [-0.05, 0) is 24.6 Å². The summed E-state index contributed by atoms with van der Waals surface area (Å²) in [5.74, 6) is -2.31. The Bertz CT molecular complexity index is 819. The first-order chi connectivity index (χ1) is 11.4.